The third kappa shape index (κ3) is 2.97. The summed E-state index contributed by atoms with van der Waals surface area (Å²) in [7, 11) is 1.77. The van der Waals surface area contributed by atoms with Crippen molar-refractivity contribution in [3.63, 3.8) is 0 Å². The fraction of sp³-hybridized carbons (Fsp3) is 0.273. The van der Waals surface area contributed by atoms with Gasteiger partial charge in [-0.25, -0.2) is 4.99 Å². The topological polar surface area (TPSA) is 34.4 Å². The predicted octanol–water partition coefficient (Wildman–Crippen LogP) is 2.73. The molecule has 0 unspecified atom stereocenters. The first-order chi connectivity index (χ1) is 7.60. The first kappa shape index (κ1) is 13.0. The molecule has 0 fully saturated rings. The quantitative estimate of drug-likeness (QED) is 0.467. The summed E-state index contributed by atoms with van der Waals surface area (Å²) in [6.45, 7) is 1.93. The maximum absolute atomic E-state index is 10.4. The number of nitrogens with zero attached hydrogens (tertiary/aromatic N) is 2. The van der Waals surface area contributed by atoms with E-state index < -0.39 is 0 Å². The molecule has 16 heavy (non-hydrogen) atoms. The fourth-order valence-electron chi connectivity index (χ4n) is 1.16. The van der Waals surface area contributed by atoms with Gasteiger partial charge in [-0.1, -0.05) is 30.1 Å². The van der Waals surface area contributed by atoms with E-state index in [1.165, 1.54) is 6.08 Å². The molecule has 3 nitrogen and oxygen atoms in total. The number of allylic oxidation sites excluding steroid dienone is 2. The van der Waals surface area contributed by atoms with Crippen molar-refractivity contribution in [2.45, 2.75) is 13.3 Å². The summed E-state index contributed by atoms with van der Waals surface area (Å²) < 4.78 is 1.66. The summed E-state index contributed by atoms with van der Waals surface area (Å²) in [5, 5.41) is 0.894. The molecule has 1 rings (SSSR count). The predicted molar refractivity (Wildman–Crippen MR) is 65.4 cm³/mol. The summed E-state index contributed by atoms with van der Waals surface area (Å²) in [5.74, 6) is 0. The molecule has 0 aliphatic carbocycles. The van der Waals surface area contributed by atoms with E-state index >= 15 is 0 Å². The SMILES string of the molecule is CC/C(=C/C=O)N=c1ccc(Cl)c(Cl)n1C. The molecule has 5 heteroatoms. The second kappa shape index (κ2) is 5.87. The van der Waals surface area contributed by atoms with Gasteiger partial charge < -0.3 is 4.57 Å². The Bertz CT molecular complexity index is 489. The number of carbonyl (C=O) groups is 1. The third-order valence-electron chi connectivity index (χ3n) is 2.09. The zero-order valence-electron chi connectivity index (χ0n) is 9.08. The van der Waals surface area contributed by atoms with Crippen molar-refractivity contribution in [1.29, 1.82) is 0 Å². The molecule has 0 bridgehead atoms. The number of hydrogen-bond acceptors (Lipinski definition) is 2. The smallest absolute Gasteiger partial charge is 0.144 e. The van der Waals surface area contributed by atoms with E-state index in [4.69, 9.17) is 23.2 Å². The average molecular weight is 259 g/mol. The van der Waals surface area contributed by atoms with Crippen molar-refractivity contribution < 1.29 is 4.79 Å². The number of aromatic nitrogens is 1. The van der Waals surface area contributed by atoms with E-state index in [1.54, 1.807) is 23.7 Å². The fourth-order valence-corrected chi connectivity index (χ4v) is 1.50. The van der Waals surface area contributed by atoms with Crippen LogP contribution < -0.4 is 5.49 Å². The van der Waals surface area contributed by atoms with Gasteiger partial charge in [0.15, 0.2) is 0 Å². The Hall–Kier alpha value is -1.06. The highest BCUT2D eigenvalue weighted by Gasteiger charge is 2.01. The molecule has 1 heterocycles. The summed E-state index contributed by atoms with van der Waals surface area (Å²) in [6.07, 6.45) is 2.83. The van der Waals surface area contributed by atoms with Crippen molar-refractivity contribution in [3.05, 3.63) is 39.6 Å². The highest BCUT2D eigenvalue weighted by Crippen LogP contribution is 2.17. The highest BCUT2D eigenvalue weighted by atomic mass is 35.5. The van der Waals surface area contributed by atoms with Crippen molar-refractivity contribution in [3.8, 4) is 0 Å². The van der Waals surface area contributed by atoms with E-state index in [-0.39, 0.29) is 0 Å². The number of pyridine rings is 1. The molecule has 0 radical (unpaired) electrons. The Kier molecular flexibility index (Phi) is 4.77. The van der Waals surface area contributed by atoms with Gasteiger partial charge in [-0.2, -0.15) is 0 Å². The zero-order chi connectivity index (χ0) is 12.1. The van der Waals surface area contributed by atoms with Crippen LogP contribution in [0.2, 0.25) is 10.2 Å². The molecule has 0 aliphatic heterocycles. The average Bonchev–Trinajstić information content (AvgIpc) is 2.29. The number of halogens is 2. The van der Waals surface area contributed by atoms with Crippen LogP contribution >= 0.6 is 23.2 Å². The van der Waals surface area contributed by atoms with Gasteiger partial charge in [-0.15, -0.1) is 0 Å². The molecule has 0 N–H and O–H groups in total. The van der Waals surface area contributed by atoms with Gasteiger partial charge in [0.25, 0.3) is 0 Å². The highest BCUT2D eigenvalue weighted by molar-refractivity contribution is 6.41. The number of aldehydes is 1. The molecule has 86 valence electrons. The van der Waals surface area contributed by atoms with Gasteiger partial charge in [0.05, 0.1) is 5.02 Å². The monoisotopic (exact) mass is 258 g/mol. The van der Waals surface area contributed by atoms with Crippen molar-refractivity contribution >= 4 is 29.5 Å². The molecular weight excluding hydrogens is 247 g/mol. The van der Waals surface area contributed by atoms with Gasteiger partial charge in [0.2, 0.25) is 0 Å². The number of hydrogen-bond donors (Lipinski definition) is 0. The Balaban J connectivity index is 3.33. The Morgan fingerprint density at radius 1 is 1.50 bits per heavy atom. The van der Waals surface area contributed by atoms with Crippen molar-refractivity contribution in [2.75, 3.05) is 0 Å². The Morgan fingerprint density at radius 3 is 2.75 bits per heavy atom. The van der Waals surface area contributed by atoms with E-state index in [0.717, 1.165) is 6.29 Å². The summed E-state index contributed by atoms with van der Waals surface area (Å²) in [4.78, 5) is 14.7. The molecule has 0 atom stereocenters. The second-order valence-electron chi connectivity index (χ2n) is 3.15. The molecule has 0 saturated heterocycles. The van der Waals surface area contributed by atoms with Gasteiger partial charge in [-0.05, 0) is 24.6 Å². The minimum atomic E-state index is 0.421. The number of carbonyl (C=O) groups excluding carboxylic acids is 1. The lowest BCUT2D eigenvalue weighted by molar-refractivity contribution is -0.104. The van der Waals surface area contributed by atoms with E-state index in [2.05, 4.69) is 4.99 Å². The van der Waals surface area contributed by atoms with Crippen LogP contribution in [-0.4, -0.2) is 10.9 Å². The minimum absolute atomic E-state index is 0.421. The summed E-state index contributed by atoms with van der Waals surface area (Å²) in [5.41, 5.74) is 1.35. The Morgan fingerprint density at radius 2 is 2.19 bits per heavy atom. The lowest BCUT2D eigenvalue weighted by Crippen LogP contribution is -2.18. The van der Waals surface area contributed by atoms with Crippen molar-refractivity contribution in [2.24, 2.45) is 12.0 Å². The minimum Gasteiger partial charge on any atom is -0.319 e. The number of rotatable bonds is 3. The zero-order valence-corrected chi connectivity index (χ0v) is 10.6. The first-order valence-corrected chi connectivity index (χ1v) is 5.55. The summed E-state index contributed by atoms with van der Waals surface area (Å²) in [6, 6.07) is 3.43. The first-order valence-electron chi connectivity index (χ1n) is 4.80. The normalized spacial score (nSPS) is 13.0. The van der Waals surface area contributed by atoms with E-state index in [9.17, 15) is 4.79 Å². The lowest BCUT2D eigenvalue weighted by atomic mass is 10.3. The van der Waals surface area contributed by atoms with Crippen molar-refractivity contribution in [1.82, 2.24) is 4.57 Å². The van der Waals surface area contributed by atoms with Gasteiger partial charge >= 0.3 is 0 Å². The molecule has 0 amide bonds. The maximum atomic E-state index is 10.4. The van der Waals surface area contributed by atoms with Gasteiger partial charge in [-0.3, -0.25) is 4.79 Å². The molecule has 0 aliphatic rings. The molecule has 0 saturated carbocycles. The maximum Gasteiger partial charge on any atom is 0.144 e. The van der Waals surface area contributed by atoms with Crippen LogP contribution in [0.3, 0.4) is 0 Å². The van der Waals surface area contributed by atoms with Crippen LogP contribution in [0.1, 0.15) is 13.3 Å². The van der Waals surface area contributed by atoms with Crippen LogP contribution in [0.25, 0.3) is 0 Å². The van der Waals surface area contributed by atoms with Gasteiger partial charge in [0, 0.05) is 12.7 Å². The van der Waals surface area contributed by atoms with E-state index in [1.807, 2.05) is 6.92 Å². The van der Waals surface area contributed by atoms with Crippen LogP contribution in [-0.2, 0) is 11.8 Å². The third-order valence-corrected chi connectivity index (χ3v) is 2.95. The molecule has 0 spiro atoms. The van der Waals surface area contributed by atoms with Crippen LogP contribution in [0.5, 0.6) is 0 Å². The Labute approximate surface area is 104 Å². The molecule has 1 aromatic heterocycles. The summed E-state index contributed by atoms with van der Waals surface area (Å²) >= 11 is 11.8. The largest absolute Gasteiger partial charge is 0.319 e. The van der Waals surface area contributed by atoms with Crippen LogP contribution in [0.15, 0.2) is 28.9 Å². The van der Waals surface area contributed by atoms with E-state index in [0.29, 0.717) is 27.8 Å². The van der Waals surface area contributed by atoms with Gasteiger partial charge in [0.1, 0.15) is 16.9 Å². The lowest BCUT2D eigenvalue weighted by Gasteiger charge is -2.05. The second-order valence-corrected chi connectivity index (χ2v) is 3.91. The molecule has 1 aromatic rings. The standard InChI is InChI=1S/C11H12Cl2N2O/c1-3-8(6-7-16)14-10-5-4-9(12)11(13)15(10)2/h4-7H,3H2,1-2H3/b8-6-,14-10?. The molecular formula is C11H12Cl2N2O. The van der Waals surface area contributed by atoms with Crippen LogP contribution in [0, 0.1) is 0 Å². The van der Waals surface area contributed by atoms with Crippen LogP contribution in [0.4, 0.5) is 0 Å². The molecule has 0 aromatic carbocycles.